The summed E-state index contributed by atoms with van der Waals surface area (Å²) in [5.74, 6) is -0.410. The van der Waals surface area contributed by atoms with Crippen LogP contribution in [-0.2, 0) is 17.8 Å². The molecule has 0 bridgehead atoms. The van der Waals surface area contributed by atoms with E-state index in [1.807, 2.05) is 12.1 Å². The molecule has 0 saturated heterocycles. The van der Waals surface area contributed by atoms with Crippen LogP contribution >= 0.6 is 11.3 Å². The number of benzene rings is 1. The predicted molar refractivity (Wildman–Crippen MR) is 87.3 cm³/mol. The van der Waals surface area contributed by atoms with Gasteiger partial charge in [0.2, 0.25) is 5.91 Å². The number of carbonyl (C=O) groups is 1. The van der Waals surface area contributed by atoms with Gasteiger partial charge in [0, 0.05) is 35.6 Å². The highest BCUT2D eigenvalue weighted by Gasteiger charge is 2.11. The molecule has 0 spiro atoms. The molecular weight excluding hydrogens is 313 g/mol. The van der Waals surface area contributed by atoms with Crippen LogP contribution in [0.15, 0.2) is 55.0 Å². The van der Waals surface area contributed by atoms with Gasteiger partial charge in [0.1, 0.15) is 10.8 Å². The van der Waals surface area contributed by atoms with Crippen molar-refractivity contribution >= 4 is 17.2 Å². The van der Waals surface area contributed by atoms with E-state index < -0.39 is 0 Å². The molecule has 0 aliphatic heterocycles. The molecule has 4 nitrogen and oxygen atoms in total. The zero-order chi connectivity index (χ0) is 16.1. The molecule has 0 fully saturated rings. The van der Waals surface area contributed by atoms with Crippen LogP contribution in [0.5, 0.6) is 0 Å². The van der Waals surface area contributed by atoms with Gasteiger partial charge in [-0.15, -0.1) is 11.3 Å². The van der Waals surface area contributed by atoms with Crippen molar-refractivity contribution in [1.82, 2.24) is 15.3 Å². The van der Waals surface area contributed by atoms with Crippen LogP contribution < -0.4 is 5.32 Å². The molecule has 2 aromatic heterocycles. The molecule has 1 amide bonds. The molecule has 0 atom stereocenters. The molecule has 0 unspecified atom stereocenters. The molecule has 2 heterocycles. The highest BCUT2D eigenvalue weighted by Crippen LogP contribution is 2.27. The standard InChI is InChI=1S/C17H14FN3OS/c18-15-6-2-1-5-14(15)17-21-11-13(23-17)8-16(22)20-10-12-4-3-7-19-9-12/h1-7,9,11H,8,10H2,(H,20,22). The van der Waals surface area contributed by atoms with Crippen molar-refractivity contribution < 1.29 is 9.18 Å². The number of pyridine rings is 1. The molecule has 3 rings (SSSR count). The molecule has 116 valence electrons. The van der Waals surface area contributed by atoms with E-state index in [0.29, 0.717) is 17.1 Å². The molecule has 1 N–H and O–H groups in total. The Hall–Kier alpha value is -2.60. The summed E-state index contributed by atoms with van der Waals surface area (Å²) in [7, 11) is 0. The summed E-state index contributed by atoms with van der Waals surface area (Å²) >= 11 is 1.33. The molecule has 23 heavy (non-hydrogen) atoms. The lowest BCUT2D eigenvalue weighted by atomic mass is 10.2. The van der Waals surface area contributed by atoms with Gasteiger partial charge in [-0.1, -0.05) is 18.2 Å². The fourth-order valence-electron chi connectivity index (χ4n) is 2.07. The highest BCUT2D eigenvalue weighted by atomic mass is 32.1. The minimum absolute atomic E-state index is 0.0995. The average Bonchev–Trinajstić information content (AvgIpc) is 3.02. The number of amides is 1. The van der Waals surface area contributed by atoms with E-state index >= 15 is 0 Å². The van der Waals surface area contributed by atoms with Crippen molar-refractivity contribution in [1.29, 1.82) is 0 Å². The quantitative estimate of drug-likeness (QED) is 0.783. The van der Waals surface area contributed by atoms with E-state index in [0.717, 1.165) is 10.4 Å². The van der Waals surface area contributed by atoms with E-state index in [9.17, 15) is 9.18 Å². The lowest BCUT2D eigenvalue weighted by Crippen LogP contribution is -2.24. The van der Waals surface area contributed by atoms with Crippen molar-refractivity contribution in [2.45, 2.75) is 13.0 Å². The van der Waals surface area contributed by atoms with E-state index in [1.54, 1.807) is 36.8 Å². The monoisotopic (exact) mass is 327 g/mol. The number of carbonyl (C=O) groups excluding carboxylic acids is 1. The van der Waals surface area contributed by atoms with E-state index in [1.165, 1.54) is 17.4 Å². The van der Waals surface area contributed by atoms with Gasteiger partial charge >= 0.3 is 0 Å². The van der Waals surface area contributed by atoms with Gasteiger partial charge in [-0.25, -0.2) is 9.37 Å². The van der Waals surface area contributed by atoms with Gasteiger partial charge in [0.25, 0.3) is 0 Å². The maximum Gasteiger partial charge on any atom is 0.225 e. The Morgan fingerprint density at radius 3 is 2.83 bits per heavy atom. The van der Waals surface area contributed by atoms with Gasteiger partial charge in [-0.3, -0.25) is 9.78 Å². The summed E-state index contributed by atoms with van der Waals surface area (Å²) in [6.45, 7) is 0.436. The van der Waals surface area contributed by atoms with Gasteiger partial charge in [0.15, 0.2) is 0 Å². The first-order valence-corrected chi connectivity index (χ1v) is 7.89. The van der Waals surface area contributed by atoms with Gasteiger partial charge < -0.3 is 5.32 Å². The number of aromatic nitrogens is 2. The zero-order valence-corrected chi connectivity index (χ0v) is 13.0. The fourth-order valence-corrected chi connectivity index (χ4v) is 3.01. The summed E-state index contributed by atoms with van der Waals surface area (Å²) in [6.07, 6.45) is 5.25. The highest BCUT2D eigenvalue weighted by molar-refractivity contribution is 7.15. The molecule has 0 aliphatic rings. The lowest BCUT2D eigenvalue weighted by Gasteiger charge is -2.03. The molecule has 0 saturated carbocycles. The first-order chi connectivity index (χ1) is 11.2. The van der Waals surface area contributed by atoms with Crippen LogP contribution in [0.4, 0.5) is 4.39 Å². The molecule has 1 aromatic carbocycles. The maximum atomic E-state index is 13.7. The predicted octanol–water partition coefficient (Wildman–Crippen LogP) is 3.20. The average molecular weight is 327 g/mol. The minimum atomic E-state index is -0.311. The summed E-state index contributed by atoms with van der Waals surface area (Å²) in [5.41, 5.74) is 1.40. The summed E-state index contributed by atoms with van der Waals surface area (Å²) in [6, 6.07) is 10.2. The van der Waals surface area contributed by atoms with E-state index in [4.69, 9.17) is 0 Å². The summed E-state index contributed by atoms with van der Waals surface area (Å²) in [5, 5.41) is 3.42. The lowest BCUT2D eigenvalue weighted by molar-refractivity contribution is -0.120. The molecule has 0 aliphatic carbocycles. The van der Waals surface area contributed by atoms with Crippen LogP contribution in [0.3, 0.4) is 0 Å². The Morgan fingerprint density at radius 1 is 1.17 bits per heavy atom. The van der Waals surface area contributed by atoms with Crippen LogP contribution in [0, 0.1) is 5.82 Å². The van der Waals surface area contributed by atoms with Gasteiger partial charge in [-0.2, -0.15) is 0 Å². The Bertz CT molecular complexity index is 804. The van der Waals surface area contributed by atoms with Crippen molar-refractivity contribution in [2.75, 3.05) is 0 Å². The van der Waals surface area contributed by atoms with E-state index in [-0.39, 0.29) is 18.1 Å². The van der Waals surface area contributed by atoms with Crippen molar-refractivity contribution in [3.63, 3.8) is 0 Å². The van der Waals surface area contributed by atoms with Gasteiger partial charge in [-0.05, 0) is 23.8 Å². The van der Waals surface area contributed by atoms with Crippen LogP contribution in [0.25, 0.3) is 10.6 Å². The Kier molecular flexibility index (Phi) is 4.73. The number of nitrogens with zero attached hydrogens (tertiary/aromatic N) is 2. The Morgan fingerprint density at radius 2 is 2.04 bits per heavy atom. The normalized spacial score (nSPS) is 10.5. The molecule has 6 heteroatoms. The zero-order valence-electron chi connectivity index (χ0n) is 12.2. The molecule has 3 aromatic rings. The number of nitrogens with one attached hydrogen (secondary N) is 1. The topological polar surface area (TPSA) is 54.9 Å². The summed E-state index contributed by atoms with van der Waals surface area (Å²) in [4.78, 5) is 21.0. The van der Waals surface area contributed by atoms with Crippen LogP contribution in [0.1, 0.15) is 10.4 Å². The second-order valence-corrected chi connectivity index (χ2v) is 6.04. The number of halogens is 1. The third-order valence-corrected chi connectivity index (χ3v) is 4.24. The van der Waals surface area contributed by atoms with Crippen molar-refractivity contribution in [3.05, 3.63) is 71.2 Å². The number of hydrogen-bond acceptors (Lipinski definition) is 4. The number of rotatable bonds is 5. The first kappa shape index (κ1) is 15.3. The number of thiazole rings is 1. The van der Waals surface area contributed by atoms with Crippen LogP contribution in [-0.4, -0.2) is 15.9 Å². The minimum Gasteiger partial charge on any atom is -0.352 e. The summed E-state index contributed by atoms with van der Waals surface area (Å²) < 4.78 is 13.7. The van der Waals surface area contributed by atoms with Crippen molar-refractivity contribution in [2.24, 2.45) is 0 Å². The first-order valence-electron chi connectivity index (χ1n) is 7.07. The maximum absolute atomic E-state index is 13.7. The van der Waals surface area contributed by atoms with Crippen molar-refractivity contribution in [3.8, 4) is 10.6 Å². The smallest absolute Gasteiger partial charge is 0.225 e. The third-order valence-electron chi connectivity index (χ3n) is 3.21. The van der Waals surface area contributed by atoms with Gasteiger partial charge in [0.05, 0.1) is 6.42 Å². The second-order valence-electron chi connectivity index (χ2n) is 4.93. The molecular formula is C17H14FN3OS. The Labute approximate surface area is 137 Å². The largest absolute Gasteiger partial charge is 0.352 e. The van der Waals surface area contributed by atoms with Crippen LogP contribution in [0.2, 0.25) is 0 Å². The SMILES string of the molecule is O=C(Cc1cnc(-c2ccccc2F)s1)NCc1cccnc1. The van der Waals surface area contributed by atoms with E-state index in [2.05, 4.69) is 15.3 Å². The third kappa shape index (κ3) is 3.98. The Balaban J connectivity index is 1.61. The number of hydrogen-bond donors (Lipinski definition) is 1. The fraction of sp³-hybridized carbons (Fsp3) is 0.118. The second kappa shape index (κ2) is 7.11. The molecule has 0 radical (unpaired) electrons.